The summed E-state index contributed by atoms with van der Waals surface area (Å²) in [6.45, 7) is 5.20. The number of imide groups is 2. The molecule has 5 nitrogen and oxygen atoms in total. The van der Waals surface area contributed by atoms with Crippen molar-refractivity contribution in [3.8, 4) is 0 Å². The van der Waals surface area contributed by atoms with Gasteiger partial charge < -0.3 is 0 Å². The maximum absolute atomic E-state index is 11.5. The molecule has 2 N–H and O–H groups in total. The highest BCUT2D eigenvalue weighted by Gasteiger charge is 2.35. The molecule has 0 aliphatic carbocycles. The fraction of sp³-hybridized carbons (Fsp3) is 0.182. The SMILES string of the molecule is C=C/C=C\C(=C/C)C1C(=O)NC(=O)NC1=O. The quantitative estimate of drug-likeness (QED) is 0.542. The van der Waals surface area contributed by atoms with Crippen molar-refractivity contribution in [2.75, 3.05) is 0 Å². The summed E-state index contributed by atoms with van der Waals surface area (Å²) in [6, 6.07) is -0.783. The Kier molecular flexibility index (Phi) is 3.77. The Morgan fingerprint density at radius 1 is 1.25 bits per heavy atom. The minimum absolute atomic E-state index is 0.516. The highest BCUT2D eigenvalue weighted by Crippen LogP contribution is 2.15. The molecular formula is C11H12N2O3. The minimum Gasteiger partial charge on any atom is -0.277 e. The lowest BCUT2D eigenvalue weighted by Crippen LogP contribution is -2.56. The number of carbonyl (C=O) groups excluding carboxylic acids is 3. The number of hydrogen-bond donors (Lipinski definition) is 2. The molecule has 0 atom stereocenters. The van der Waals surface area contributed by atoms with Crippen molar-refractivity contribution < 1.29 is 14.4 Å². The minimum atomic E-state index is -0.987. The van der Waals surface area contributed by atoms with Crippen molar-refractivity contribution in [2.24, 2.45) is 5.92 Å². The molecule has 0 spiro atoms. The van der Waals surface area contributed by atoms with E-state index in [1.165, 1.54) is 6.08 Å². The Morgan fingerprint density at radius 2 is 1.81 bits per heavy atom. The molecule has 0 saturated carbocycles. The molecule has 0 aromatic carbocycles. The zero-order chi connectivity index (χ0) is 12.1. The van der Waals surface area contributed by atoms with Gasteiger partial charge >= 0.3 is 6.03 Å². The molecule has 1 fully saturated rings. The smallest absolute Gasteiger partial charge is 0.277 e. The van der Waals surface area contributed by atoms with Crippen molar-refractivity contribution in [3.05, 3.63) is 36.5 Å². The average Bonchev–Trinajstić information content (AvgIpc) is 2.21. The van der Waals surface area contributed by atoms with Crippen LogP contribution in [0.1, 0.15) is 6.92 Å². The molecule has 0 radical (unpaired) electrons. The summed E-state index contributed by atoms with van der Waals surface area (Å²) in [6.07, 6.45) is 6.39. The van der Waals surface area contributed by atoms with Crippen LogP contribution in [0.3, 0.4) is 0 Å². The van der Waals surface area contributed by atoms with Gasteiger partial charge in [-0.25, -0.2) is 4.79 Å². The van der Waals surface area contributed by atoms with E-state index in [1.54, 1.807) is 25.2 Å². The number of allylic oxidation sites excluding steroid dienone is 4. The number of carbonyl (C=O) groups is 3. The number of nitrogens with one attached hydrogen (secondary N) is 2. The van der Waals surface area contributed by atoms with Gasteiger partial charge in [0.15, 0.2) is 0 Å². The maximum atomic E-state index is 11.5. The van der Waals surface area contributed by atoms with Crippen LogP contribution in [0.2, 0.25) is 0 Å². The number of urea groups is 1. The summed E-state index contributed by atoms with van der Waals surface area (Å²) in [4.78, 5) is 33.8. The van der Waals surface area contributed by atoms with E-state index in [0.29, 0.717) is 5.57 Å². The largest absolute Gasteiger partial charge is 0.328 e. The standard InChI is InChI=1S/C11H12N2O3/c1-3-5-6-7(4-2)8-9(14)12-11(16)13-10(8)15/h3-6,8H,1H2,2H3,(H2,12,13,14,15,16)/b6-5-,7-4+. The van der Waals surface area contributed by atoms with E-state index < -0.39 is 23.8 Å². The topological polar surface area (TPSA) is 75.3 Å². The normalized spacial score (nSPS) is 18.6. The Morgan fingerprint density at radius 3 is 2.25 bits per heavy atom. The van der Waals surface area contributed by atoms with Gasteiger partial charge in [-0.2, -0.15) is 0 Å². The summed E-state index contributed by atoms with van der Waals surface area (Å²) in [5, 5.41) is 4.08. The first-order chi connectivity index (χ1) is 7.60. The van der Waals surface area contributed by atoms with Crippen LogP contribution in [0.5, 0.6) is 0 Å². The van der Waals surface area contributed by atoms with Crippen molar-refractivity contribution >= 4 is 17.8 Å². The van der Waals surface area contributed by atoms with E-state index in [0.717, 1.165) is 0 Å². The van der Waals surface area contributed by atoms with Crippen LogP contribution in [0.25, 0.3) is 0 Å². The van der Waals surface area contributed by atoms with E-state index in [2.05, 4.69) is 6.58 Å². The Balaban J connectivity index is 2.97. The predicted molar refractivity (Wildman–Crippen MR) is 58.3 cm³/mol. The number of rotatable bonds is 3. The van der Waals surface area contributed by atoms with Crippen LogP contribution in [-0.4, -0.2) is 17.8 Å². The second kappa shape index (κ2) is 5.06. The fourth-order valence-corrected chi connectivity index (χ4v) is 1.36. The van der Waals surface area contributed by atoms with Crippen LogP contribution >= 0.6 is 0 Å². The first-order valence-electron chi connectivity index (χ1n) is 4.71. The highest BCUT2D eigenvalue weighted by molar-refractivity contribution is 6.18. The van der Waals surface area contributed by atoms with Gasteiger partial charge in [0.25, 0.3) is 0 Å². The van der Waals surface area contributed by atoms with E-state index in [4.69, 9.17) is 0 Å². The van der Waals surface area contributed by atoms with Gasteiger partial charge in [-0.3, -0.25) is 20.2 Å². The molecule has 5 heteroatoms. The van der Waals surface area contributed by atoms with E-state index >= 15 is 0 Å². The second-order valence-electron chi connectivity index (χ2n) is 3.12. The lowest BCUT2D eigenvalue weighted by molar-refractivity contribution is -0.134. The Hall–Kier alpha value is -2.17. The third-order valence-corrected chi connectivity index (χ3v) is 2.09. The van der Waals surface area contributed by atoms with Gasteiger partial charge in [-0.05, 0) is 12.5 Å². The van der Waals surface area contributed by atoms with Gasteiger partial charge in [-0.1, -0.05) is 30.9 Å². The lowest BCUT2D eigenvalue weighted by Gasteiger charge is -2.21. The molecule has 1 aliphatic heterocycles. The van der Waals surface area contributed by atoms with Crippen LogP contribution in [0.15, 0.2) is 36.5 Å². The van der Waals surface area contributed by atoms with Crippen LogP contribution in [0, 0.1) is 5.92 Å². The molecule has 1 aliphatic rings. The van der Waals surface area contributed by atoms with Gasteiger partial charge in [0.1, 0.15) is 5.92 Å². The first kappa shape index (κ1) is 11.9. The number of barbiturate groups is 1. The molecule has 0 aromatic heterocycles. The monoisotopic (exact) mass is 220 g/mol. The highest BCUT2D eigenvalue weighted by atomic mass is 16.2. The summed E-state index contributed by atoms with van der Waals surface area (Å²) in [7, 11) is 0. The molecular weight excluding hydrogens is 208 g/mol. The Labute approximate surface area is 92.9 Å². The third kappa shape index (κ3) is 2.44. The zero-order valence-electron chi connectivity index (χ0n) is 8.82. The van der Waals surface area contributed by atoms with Gasteiger partial charge in [0.05, 0.1) is 0 Å². The molecule has 1 rings (SSSR count). The second-order valence-corrected chi connectivity index (χ2v) is 3.12. The van der Waals surface area contributed by atoms with Crippen molar-refractivity contribution in [2.45, 2.75) is 6.92 Å². The van der Waals surface area contributed by atoms with E-state index in [-0.39, 0.29) is 0 Å². The first-order valence-corrected chi connectivity index (χ1v) is 4.71. The lowest BCUT2D eigenvalue weighted by atomic mass is 9.95. The summed E-state index contributed by atoms with van der Waals surface area (Å²) in [5.74, 6) is -2.22. The zero-order valence-corrected chi connectivity index (χ0v) is 8.82. The number of hydrogen-bond acceptors (Lipinski definition) is 3. The molecule has 1 heterocycles. The molecule has 84 valence electrons. The molecule has 0 unspecified atom stereocenters. The van der Waals surface area contributed by atoms with Crippen molar-refractivity contribution in [1.29, 1.82) is 0 Å². The average molecular weight is 220 g/mol. The molecule has 0 bridgehead atoms. The fourth-order valence-electron chi connectivity index (χ4n) is 1.36. The summed E-state index contributed by atoms with van der Waals surface area (Å²) in [5.41, 5.74) is 0.516. The van der Waals surface area contributed by atoms with Crippen LogP contribution in [-0.2, 0) is 9.59 Å². The van der Waals surface area contributed by atoms with Gasteiger partial charge in [0, 0.05) is 0 Å². The molecule has 0 aromatic rings. The maximum Gasteiger partial charge on any atom is 0.328 e. The predicted octanol–water partition coefficient (Wildman–Crippen LogP) is 0.657. The molecule has 16 heavy (non-hydrogen) atoms. The third-order valence-electron chi connectivity index (χ3n) is 2.09. The summed E-state index contributed by atoms with van der Waals surface area (Å²) < 4.78 is 0. The summed E-state index contributed by atoms with van der Waals surface area (Å²) >= 11 is 0. The molecule has 4 amide bonds. The van der Waals surface area contributed by atoms with Crippen LogP contribution < -0.4 is 10.6 Å². The van der Waals surface area contributed by atoms with Crippen LogP contribution in [0.4, 0.5) is 4.79 Å². The van der Waals surface area contributed by atoms with Crippen molar-refractivity contribution in [1.82, 2.24) is 10.6 Å². The van der Waals surface area contributed by atoms with Crippen molar-refractivity contribution in [3.63, 3.8) is 0 Å². The Bertz CT molecular complexity index is 387. The van der Waals surface area contributed by atoms with E-state index in [1.807, 2.05) is 10.6 Å². The molecule has 1 saturated heterocycles. The van der Waals surface area contributed by atoms with Gasteiger partial charge in [-0.15, -0.1) is 0 Å². The van der Waals surface area contributed by atoms with E-state index in [9.17, 15) is 14.4 Å². The number of amides is 4. The van der Waals surface area contributed by atoms with Gasteiger partial charge in [0.2, 0.25) is 11.8 Å².